The number of aliphatic imine (C=N–C) groups is 1. The van der Waals surface area contributed by atoms with Gasteiger partial charge in [-0.2, -0.15) is 0 Å². The second-order valence-electron chi connectivity index (χ2n) is 6.10. The molecule has 1 aromatic carbocycles. The predicted octanol–water partition coefficient (Wildman–Crippen LogP) is 3.16. The van der Waals surface area contributed by atoms with Crippen LogP contribution in [-0.4, -0.2) is 28.6 Å². The average molecular weight is 439 g/mol. The standard InChI is InChI=1S/C18H25N5.HI/c1-19-18(22-17-4-2-3-5-17)21-12-15-6-8-16(9-7-15)13-23-11-10-20-14-23;/h6-11,14,17H,2-5,12-13H2,1H3,(H2,19,21,22);1H. The SMILES string of the molecule is CN=C(NCc1ccc(Cn2ccnc2)cc1)NC1CCCC1.I. The second-order valence-corrected chi connectivity index (χ2v) is 6.10. The Hall–Kier alpha value is -1.57. The van der Waals surface area contributed by atoms with Crippen LogP contribution in [0.2, 0.25) is 0 Å². The molecule has 0 aliphatic heterocycles. The van der Waals surface area contributed by atoms with E-state index in [-0.39, 0.29) is 24.0 Å². The van der Waals surface area contributed by atoms with Gasteiger partial charge >= 0.3 is 0 Å². The molecule has 5 nitrogen and oxygen atoms in total. The van der Waals surface area contributed by atoms with Crippen molar-refractivity contribution in [3.05, 3.63) is 54.1 Å². The van der Waals surface area contributed by atoms with Gasteiger partial charge in [-0.15, -0.1) is 24.0 Å². The highest BCUT2D eigenvalue weighted by Gasteiger charge is 2.15. The fraction of sp³-hybridized carbons (Fsp3) is 0.444. The van der Waals surface area contributed by atoms with Crippen molar-refractivity contribution in [1.29, 1.82) is 0 Å². The van der Waals surface area contributed by atoms with Crippen LogP contribution in [0.25, 0.3) is 0 Å². The van der Waals surface area contributed by atoms with E-state index in [1.54, 1.807) is 6.20 Å². The van der Waals surface area contributed by atoms with Gasteiger partial charge in [-0.25, -0.2) is 4.98 Å². The number of guanidine groups is 1. The second kappa shape index (κ2) is 9.66. The van der Waals surface area contributed by atoms with Gasteiger partial charge in [0.05, 0.1) is 6.33 Å². The van der Waals surface area contributed by atoms with Crippen molar-refractivity contribution in [2.24, 2.45) is 4.99 Å². The monoisotopic (exact) mass is 439 g/mol. The van der Waals surface area contributed by atoms with Gasteiger partial charge < -0.3 is 15.2 Å². The summed E-state index contributed by atoms with van der Waals surface area (Å²) in [5.41, 5.74) is 2.54. The van der Waals surface area contributed by atoms with Crippen LogP contribution in [0, 0.1) is 0 Å². The molecule has 0 atom stereocenters. The Morgan fingerprint density at radius 2 is 1.92 bits per heavy atom. The molecule has 1 fully saturated rings. The summed E-state index contributed by atoms with van der Waals surface area (Å²) in [5, 5.41) is 6.91. The summed E-state index contributed by atoms with van der Waals surface area (Å²) in [6.07, 6.45) is 10.8. The van der Waals surface area contributed by atoms with Crippen molar-refractivity contribution >= 4 is 29.9 Å². The number of nitrogens with one attached hydrogen (secondary N) is 2. The molecule has 1 heterocycles. The Balaban J connectivity index is 0.00000208. The molecule has 1 saturated carbocycles. The summed E-state index contributed by atoms with van der Waals surface area (Å²) in [4.78, 5) is 8.39. The molecule has 130 valence electrons. The molecular formula is C18H26IN5. The van der Waals surface area contributed by atoms with Crippen molar-refractivity contribution in [3.8, 4) is 0 Å². The lowest BCUT2D eigenvalue weighted by molar-refractivity contribution is 0.613. The van der Waals surface area contributed by atoms with Crippen molar-refractivity contribution < 1.29 is 0 Å². The maximum absolute atomic E-state index is 4.32. The smallest absolute Gasteiger partial charge is 0.191 e. The van der Waals surface area contributed by atoms with Crippen LogP contribution in [0.3, 0.4) is 0 Å². The summed E-state index contributed by atoms with van der Waals surface area (Å²) in [6, 6.07) is 9.26. The Morgan fingerprint density at radius 1 is 1.21 bits per heavy atom. The van der Waals surface area contributed by atoms with E-state index in [0.717, 1.165) is 19.0 Å². The van der Waals surface area contributed by atoms with E-state index in [1.807, 2.05) is 19.6 Å². The molecule has 2 aromatic rings. The first-order valence-corrected chi connectivity index (χ1v) is 8.34. The van der Waals surface area contributed by atoms with Crippen molar-refractivity contribution in [1.82, 2.24) is 20.2 Å². The minimum atomic E-state index is 0. The van der Waals surface area contributed by atoms with Crippen LogP contribution in [0.15, 0.2) is 48.0 Å². The molecule has 0 unspecified atom stereocenters. The Bertz CT molecular complexity index is 615. The molecule has 0 amide bonds. The number of rotatable bonds is 5. The van der Waals surface area contributed by atoms with Gasteiger partial charge in [0, 0.05) is 38.6 Å². The van der Waals surface area contributed by atoms with Gasteiger partial charge in [-0.05, 0) is 24.0 Å². The minimum absolute atomic E-state index is 0. The van der Waals surface area contributed by atoms with E-state index < -0.39 is 0 Å². The molecule has 3 rings (SSSR count). The van der Waals surface area contributed by atoms with E-state index in [4.69, 9.17) is 0 Å². The molecule has 1 aliphatic carbocycles. The lowest BCUT2D eigenvalue weighted by Crippen LogP contribution is -2.41. The van der Waals surface area contributed by atoms with Crippen LogP contribution >= 0.6 is 24.0 Å². The molecule has 2 N–H and O–H groups in total. The summed E-state index contributed by atoms with van der Waals surface area (Å²) in [5.74, 6) is 0.902. The highest BCUT2D eigenvalue weighted by molar-refractivity contribution is 14.0. The Kier molecular flexibility index (Phi) is 7.55. The zero-order valence-electron chi connectivity index (χ0n) is 14.1. The van der Waals surface area contributed by atoms with E-state index >= 15 is 0 Å². The van der Waals surface area contributed by atoms with Gasteiger partial charge in [0.15, 0.2) is 5.96 Å². The van der Waals surface area contributed by atoms with E-state index in [0.29, 0.717) is 6.04 Å². The van der Waals surface area contributed by atoms with Gasteiger partial charge in [0.25, 0.3) is 0 Å². The largest absolute Gasteiger partial charge is 0.354 e. The van der Waals surface area contributed by atoms with Gasteiger partial charge in [-0.1, -0.05) is 37.1 Å². The fourth-order valence-electron chi connectivity index (χ4n) is 3.00. The van der Waals surface area contributed by atoms with Crippen LogP contribution in [0.5, 0.6) is 0 Å². The fourth-order valence-corrected chi connectivity index (χ4v) is 3.00. The molecule has 0 saturated heterocycles. The summed E-state index contributed by atoms with van der Waals surface area (Å²) in [7, 11) is 1.83. The maximum Gasteiger partial charge on any atom is 0.191 e. The molecular weight excluding hydrogens is 413 g/mol. The topological polar surface area (TPSA) is 54.2 Å². The van der Waals surface area contributed by atoms with Crippen molar-refractivity contribution in [3.63, 3.8) is 0 Å². The lowest BCUT2D eigenvalue weighted by atomic mass is 10.1. The molecule has 6 heteroatoms. The van der Waals surface area contributed by atoms with Crippen LogP contribution in [0.1, 0.15) is 36.8 Å². The summed E-state index contributed by atoms with van der Waals surface area (Å²) >= 11 is 0. The Morgan fingerprint density at radius 3 is 2.54 bits per heavy atom. The quantitative estimate of drug-likeness (QED) is 0.428. The van der Waals surface area contributed by atoms with Crippen LogP contribution in [0.4, 0.5) is 0 Å². The van der Waals surface area contributed by atoms with Crippen molar-refractivity contribution in [2.45, 2.75) is 44.8 Å². The first kappa shape index (κ1) is 18.8. The number of imidazole rings is 1. The zero-order chi connectivity index (χ0) is 15.9. The summed E-state index contributed by atoms with van der Waals surface area (Å²) < 4.78 is 2.07. The lowest BCUT2D eigenvalue weighted by Gasteiger charge is -2.17. The number of nitrogens with zero attached hydrogens (tertiary/aromatic N) is 3. The third kappa shape index (κ3) is 5.51. The third-order valence-electron chi connectivity index (χ3n) is 4.33. The van der Waals surface area contributed by atoms with Crippen LogP contribution < -0.4 is 10.6 Å². The normalized spacial score (nSPS) is 15.1. The van der Waals surface area contributed by atoms with Gasteiger partial charge in [0.1, 0.15) is 0 Å². The first-order chi connectivity index (χ1) is 11.3. The first-order valence-electron chi connectivity index (χ1n) is 8.34. The zero-order valence-corrected chi connectivity index (χ0v) is 16.4. The number of benzene rings is 1. The van der Waals surface area contributed by atoms with E-state index in [2.05, 4.69) is 49.4 Å². The van der Waals surface area contributed by atoms with Gasteiger partial charge in [0.2, 0.25) is 0 Å². The van der Waals surface area contributed by atoms with E-state index in [9.17, 15) is 0 Å². The predicted molar refractivity (Wildman–Crippen MR) is 109 cm³/mol. The number of hydrogen-bond acceptors (Lipinski definition) is 2. The highest BCUT2D eigenvalue weighted by atomic mass is 127. The number of halogens is 1. The minimum Gasteiger partial charge on any atom is -0.354 e. The molecule has 24 heavy (non-hydrogen) atoms. The van der Waals surface area contributed by atoms with E-state index in [1.165, 1.54) is 36.8 Å². The molecule has 0 bridgehead atoms. The highest BCUT2D eigenvalue weighted by Crippen LogP contribution is 2.17. The van der Waals surface area contributed by atoms with Crippen molar-refractivity contribution in [2.75, 3.05) is 7.05 Å². The molecule has 1 aliphatic rings. The number of aromatic nitrogens is 2. The van der Waals surface area contributed by atoms with Crippen LogP contribution in [-0.2, 0) is 13.1 Å². The third-order valence-corrected chi connectivity index (χ3v) is 4.33. The summed E-state index contributed by atoms with van der Waals surface area (Å²) in [6.45, 7) is 1.65. The van der Waals surface area contributed by atoms with Gasteiger partial charge in [-0.3, -0.25) is 4.99 Å². The Labute approximate surface area is 161 Å². The molecule has 0 radical (unpaired) electrons. The molecule has 1 aromatic heterocycles. The number of hydrogen-bond donors (Lipinski definition) is 2. The maximum atomic E-state index is 4.32. The molecule has 0 spiro atoms. The average Bonchev–Trinajstić information content (AvgIpc) is 3.26.